The maximum atomic E-state index is 10.2. The Morgan fingerprint density at radius 3 is 2.84 bits per heavy atom. The van der Waals surface area contributed by atoms with Gasteiger partial charge in [0.15, 0.2) is 6.29 Å². The van der Waals surface area contributed by atoms with Gasteiger partial charge in [-0.1, -0.05) is 33.6 Å². The third-order valence-electron chi connectivity index (χ3n) is 5.77. The van der Waals surface area contributed by atoms with E-state index in [-0.39, 0.29) is 12.1 Å². The van der Waals surface area contributed by atoms with E-state index in [0.29, 0.717) is 5.92 Å². The SMILES string of the molecule is CC(C)(C)C(O)OCn1ccc2c(-c3cnn(/C(=C/C#N)C4CCCC4)c3)ncnc21. The van der Waals surface area contributed by atoms with Gasteiger partial charge >= 0.3 is 0 Å². The molecule has 1 aliphatic rings. The molecule has 3 heterocycles. The molecule has 0 bridgehead atoms. The molecule has 1 aliphatic carbocycles. The summed E-state index contributed by atoms with van der Waals surface area (Å²) < 4.78 is 9.28. The average molecular weight is 421 g/mol. The number of hydrogen-bond acceptors (Lipinski definition) is 6. The lowest BCUT2D eigenvalue weighted by atomic mass is 9.96. The molecule has 1 saturated carbocycles. The van der Waals surface area contributed by atoms with Crippen molar-refractivity contribution in [1.82, 2.24) is 24.3 Å². The number of fused-ring (bicyclic) bond motifs is 1. The Kier molecular flexibility index (Phi) is 5.90. The summed E-state index contributed by atoms with van der Waals surface area (Å²) in [5.74, 6) is 0.366. The summed E-state index contributed by atoms with van der Waals surface area (Å²) >= 11 is 0. The number of ether oxygens (including phenoxy) is 1. The summed E-state index contributed by atoms with van der Waals surface area (Å²) in [5, 5.41) is 24.8. The Morgan fingerprint density at radius 2 is 2.13 bits per heavy atom. The van der Waals surface area contributed by atoms with Gasteiger partial charge in [0.1, 0.15) is 18.7 Å². The first-order valence-corrected chi connectivity index (χ1v) is 10.6. The van der Waals surface area contributed by atoms with Crippen molar-refractivity contribution in [2.75, 3.05) is 0 Å². The zero-order valence-electron chi connectivity index (χ0n) is 18.2. The number of aliphatic hydroxyl groups excluding tert-OH is 1. The van der Waals surface area contributed by atoms with Gasteiger partial charge in [-0.05, 0) is 18.9 Å². The van der Waals surface area contributed by atoms with Gasteiger partial charge in [0, 0.05) is 40.8 Å². The van der Waals surface area contributed by atoms with Crippen LogP contribution in [0, 0.1) is 22.7 Å². The molecule has 162 valence electrons. The molecule has 3 aromatic heterocycles. The molecule has 0 aliphatic heterocycles. The highest BCUT2D eigenvalue weighted by atomic mass is 16.6. The van der Waals surface area contributed by atoms with E-state index in [1.807, 2.05) is 48.5 Å². The Bertz CT molecular complexity index is 1130. The van der Waals surface area contributed by atoms with E-state index in [9.17, 15) is 10.4 Å². The van der Waals surface area contributed by atoms with E-state index in [1.54, 1.807) is 12.3 Å². The molecule has 0 spiro atoms. The van der Waals surface area contributed by atoms with Crippen LogP contribution in [0.4, 0.5) is 0 Å². The predicted octanol–water partition coefficient (Wildman–Crippen LogP) is 4.19. The van der Waals surface area contributed by atoms with Crippen LogP contribution in [-0.4, -0.2) is 35.7 Å². The molecule has 8 heteroatoms. The van der Waals surface area contributed by atoms with Crippen LogP contribution in [0.15, 0.2) is 37.1 Å². The van der Waals surface area contributed by atoms with Crippen LogP contribution in [-0.2, 0) is 11.5 Å². The summed E-state index contributed by atoms with van der Waals surface area (Å²) in [6.07, 6.45) is 12.4. The van der Waals surface area contributed by atoms with Crippen molar-refractivity contribution >= 4 is 16.7 Å². The summed E-state index contributed by atoms with van der Waals surface area (Å²) in [4.78, 5) is 8.90. The second-order valence-corrected chi connectivity index (χ2v) is 9.11. The second kappa shape index (κ2) is 8.61. The van der Waals surface area contributed by atoms with E-state index < -0.39 is 6.29 Å². The summed E-state index contributed by atoms with van der Waals surface area (Å²) in [6.45, 7) is 5.95. The fourth-order valence-corrected chi connectivity index (χ4v) is 3.98. The zero-order valence-corrected chi connectivity index (χ0v) is 18.2. The number of aromatic nitrogens is 5. The molecule has 0 radical (unpaired) electrons. The molecule has 1 N–H and O–H groups in total. The standard InChI is InChI=1S/C23H28N6O2/c1-23(2,3)22(30)31-15-28-11-9-18-20(25-14-26-21(18)28)17-12-27-29(13-17)19(8-10-24)16-6-4-5-7-16/h8-9,11-14,16,22,30H,4-7,15H2,1-3H3/b19-8+. The Balaban J connectivity index is 1.62. The van der Waals surface area contributed by atoms with Gasteiger partial charge in [-0.25, -0.2) is 14.6 Å². The van der Waals surface area contributed by atoms with Gasteiger partial charge in [0.05, 0.1) is 23.7 Å². The van der Waals surface area contributed by atoms with Crippen LogP contribution < -0.4 is 0 Å². The van der Waals surface area contributed by atoms with Gasteiger partial charge in [-0.15, -0.1) is 0 Å². The van der Waals surface area contributed by atoms with Gasteiger partial charge in [0.25, 0.3) is 0 Å². The number of aliphatic hydroxyl groups is 1. The number of nitrogens with zero attached hydrogens (tertiary/aromatic N) is 6. The first kappa shape index (κ1) is 21.2. The van der Waals surface area contributed by atoms with Gasteiger partial charge in [-0.3, -0.25) is 0 Å². The smallest absolute Gasteiger partial charge is 0.161 e. The van der Waals surface area contributed by atoms with Crippen LogP contribution in [0.5, 0.6) is 0 Å². The maximum Gasteiger partial charge on any atom is 0.161 e. The largest absolute Gasteiger partial charge is 0.367 e. The fraction of sp³-hybridized carbons (Fsp3) is 0.478. The lowest BCUT2D eigenvalue weighted by Gasteiger charge is -2.25. The van der Waals surface area contributed by atoms with Crippen molar-refractivity contribution in [3.8, 4) is 17.3 Å². The normalized spacial score (nSPS) is 16.7. The summed E-state index contributed by atoms with van der Waals surface area (Å²) in [5.41, 5.74) is 2.93. The molecule has 0 saturated heterocycles. The molecule has 1 unspecified atom stereocenters. The van der Waals surface area contributed by atoms with Gasteiger partial charge < -0.3 is 14.4 Å². The van der Waals surface area contributed by atoms with E-state index in [1.165, 1.54) is 19.2 Å². The molecule has 1 fully saturated rings. The summed E-state index contributed by atoms with van der Waals surface area (Å²) in [6, 6.07) is 4.11. The minimum absolute atomic E-state index is 0.189. The minimum Gasteiger partial charge on any atom is -0.367 e. The third-order valence-corrected chi connectivity index (χ3v) is 5.77. The molecule has 4 rings (SSSR count). The first-order chi connectivity index (χ1) is 14.9. The van der Waals surface area contributed by atoms with Crippen molar-refractivity contribution in [3.05, 3.63) is 37.1 Å². The van der Waals surface area contributed by atoms with Crippen LogP contribution in [0.2, 0.25) is 0 Å². The summed E-state index contributed by atoms with van der Waals surface area (Å²) in [7, 11) is 0. The van der Waals surface area contributed by atoms with Gasteiger partial charge in [0.2, 0.25) is 0 Å². The van der Waals surface area contributed by atoms with E-state index in [4.69, 9.17) is 4.74 Å². The van der Waals surface area contributed by atoms with Crippen LogP contribution in [0.3, 0.4) is 0 Å². The number of allylic oxidation sites excluding steroid dienone is 2. The van der Waals surface area contributed by atoms with Crippen LogP contribution in [0.1, 0.15) is 46.5 Å². The molecule has 1 atom stereocenters. The molecule has 0 aromatic carbocycles. The molecular weight excluding hydrogens is 392 g/mol. The highest BCUT2D eigenvalue weighted by Gasteiger charge is 2.24. The Labute approximate surface area is 181 Å². The maximum absolute atomic E-state index is 10.2. The second-order valence-electron chi connectivity index (χ2n) is 9.11. The Morgan fingerprint density at radius 1 is 1.35 bits per heavy atom. The van der Waals surface area contributed by atoms with E-state index in [0.717, 1.165) is 40.8 Å². The average Bonchev–Trinajstić information content (AvgIpc) is 3.50. The van der Waals surface area contributed by atoms with Crippen LogP contribution in [0.25, 0.3) is 28.0 Å². The monoisotopic (exact) mass is 420 g/mol. The molecule has 8 nitrogen and oxygen atoms in total. The highest BCUT2D eigenvalue weighted by Crippen LogP contribution is 2.34. The van der Waals surface area contributed by atoms with E-state index >= 15 is 0 Å². The third kappa shape index (κ3) is 4.38. The topological polar surface area (TPSA) is 102 Å². The van der Waals surface area contributed by atoms with Crippen LogP contribution >= 0.6 is 0 Å². The first-order valence-electron chi connectivity index (χ1n) is 10.6. The Hall–Kier alpha value is -3.02. The molecule has 0 amide bonds. The van der Waals surface area contributed by atoms with Crippen molar-refractivity contribution in [1.29, 1.82) is 5.26 Å². The zero-order chi connectivity index (χ0) is 22.0. The number of rotatable bonds is 6. The van der Waals surface area contributed by atoms with Gasteiger partial charge in [-0.2, -0.15) is 10.4 Å². The number of hydrogen-bond donors (Lipinski definition) is 1. The quantitative estimate of drug-likeness (QED) is 0.474. The lowest BCUT2D eigenvalue weighted by molar-refractivity contribution is -0.178. The molecular formula is C23H28N6O2. The van der Waals surface area contributed by atoms with Crippen molar-refractivity contribution < 1.29 is 9.84 Å². The molecule has 31 heavy (non-hydrogen) atoms. The molecule has 3 aromatic rings. The minimum atomic E-state index is -0.884. The lowest BCUT2D eigenvalue weighted by Crippen LogP contribution is -2.29. The van der Waals surface area contributed by atoms with E-state index in [2.05, 4.69) is 21.1 Å². The number of nitriles is 1. The van der Waals surface area contributed by atoms with Crippen molar-refractivity contribution in [2.24, 2.45) is 11.3 Å². The van der Waals surface area contributed by atoms with Crippen molar-refractivity contribution in [2.45, 2.75) is 59.5 Å². The highest BCUT2D eigenvalue weighted by molar-refractivity contribution is 5.90. The predicted molar refractivity (Wildman–Crippen MR) is 117 cm³/mol. The van der Waals surface area contributed by atoms with Crippen molar-refractivity contribution in [3.63, 3.8) is 0 Å². The fourth-order valence-electron chi connectivity index (χ4n) is 3.98.